The van der Waals surface area contributed by atoms with E-state index in [2.05, 4.69) is 28.7 Å². The summed E-state index contributed by atoms with van der Waals surface area (Å²) < 4.78 is 7.57. The lowest BCUT2D eigenvalue weighted by Crippen LogP contribution is -2.27. The number of fused-ring (bicyclic) bond motifs is 1. The van der Waals surface area contributed by atoms with E-state index in [1.165, 1.54) is 6.33 Å². The third-order valence-electron chi connectivity index (χ3n) is 4.59. The molecule has 1 aliphatic rings. The quantitative estimate of drug-likeness (QED) is 0.731. The molecule has 0 spiro atoms. The number of nitrogen functional groups attached to an aromatic ring is 1. The van der Waals surface area contributed by atoms with Crippen molar-refractivity contribution in [3.63, 3.8) is 0 Å². The molecule has 1 saturated heterocycles. The van der Waals surface area contributed by atoms with Crippen LogP contribution in [0.5, 0.6) is 0 Å². The van der Waals surface area contributed by atoms with Crippen LogP contribution in [0.3, 0.4) is 0 Å². The molecule has 8 heteroatoms. The fourth-order valence-electron chi connectivity index (χ4n) is 3.27. The molecule has 3 N–H and O–H groups in total. The minimum Gasteiger partial charge on any atom is -0.394 e. The molecule has 2 atom stereocenters. The number of likely N-dealkylation sites (tertiary alicyclic amines) is 1. The van der Waals surface area contributed by atoms with Gasteiger partial charge in [-0.05, 0) is 19.8 Å². The molecule has 3 heterocycles. The number of carbonyl (C=O) groups excluding carboxylic acids is 1. The summed E-state index contributed by atoms with van der Waals surface area (Å²) in [5.74, 6) is 2.66. The second kappa shape index (κ2) is 9.75. The van der Waals surface area contributed by atoms with E-state index in [0.29, 0.717) is 16.6 Å². The van der Waals surface area contributed by atoms with Crippen LogP contribution < -0.4 is 5.73 Å². The predicted octanol–water partition coefficient (Wildman–Crippen LogP) is 1.42. The van der Waals surface area contributed by atoms with Gasteiger partial charge in [0.05, 0.1) is 23.7 Å². The number of amides is 1. The minimum absolute atomic E-state index is 0.0812. The van der Waals surface area contributed by atoms with E-state index < -0.39 is 12.3 Å². The molecule has 1 amide bonds. The third kappa shape index (κ3) is 4.25. The average molecular weight is 383 g/mol. The van der Waals surface area contributed by atoms with E-state index in [4.69, 9.17) is 16.9 Å². The molecule has 0 aromatic carbocycles. The molecule has 1 fully saturated rings. The molecule has 2 aromatic heterocycles. The number of aromatic nitrogens is 3. The molecule has 0 saturated carbocycles. The van der Waals surface area contributed by atoms with Gasteiger partial charge in [-0.1, -0.05) is 0 Å². The van der Waals surface area contributed by atoms with Crippen molar-refractivity contribution in [2.75, 3.05) is 25.4 Å². The zero-order chi connectivity index (χ0) is 20.7. The van der Waals surface area contributed by atoms with Crippen LogP contribution in [0.25, 0.3) is 11.0 Å². The highest BCUT2D eigenvalue weighted by molar-refractivity contribution is 6.09. The smallest absolute Gasteiger partial charge is 0.256 e. The summed E-state index contributed by atoms with van der Waals surface area (Å²) in [5.41, 5.74) is 7.02. The zero-order valence-corrected chi connectivity index (χ0v) is 15.9. The highest BCUT2D eigenvalue weighted by Gasteiger charge is 2.27. The molecular weight excluding hydrogens is 358 g/mol. The van der Waals surface area contributed by atoms with Crippen LogP contribution in [-0.4, -0.2) is 56.2 Å². The number of terminal acetylenes is 2. The minimum atomic E-state index is -0.496. The molecule has 8 nitrogen and oxygen atoms in total. The summed E-state index contributed by atoms with van der Waals surface area (Å²) >= 11 is 0. The van der Waals surface area contributed by atoms with Crippen molar-refractivity contribution in [2.24, 2.45) is 0 Å². The number of nitrogens with two attached hydrogens (primary N) is 1. The van der Waals surface area contributed by atoms with Gasteiger partial charge in [-0.2, -0.15) is 0 Å². The first-order valence-electron chi connectivity index (χ1n) is 9.00. The number of ether oxygens (including phenoxy) is 1. The van der Waals surface area contributed by atoms with E-state index in [1.54, 1.807) is 17.7 Å². The number of hydrogen-bond donors (Lipinski definition) is 2. The molecule has 1 aliphatic heterocycles. The van der Waals surface area contributed by atoms with E-state index in [-0.39, 0.29) is 24.8 Å². The number of carbonyl (C=O) groups is 1. The van der Waals surface area contributed by atoms with Crippen molar-refractivity contribution in [3.05, 3.63) is 18.1 Å². The number of hydrogen-bond acceptors (Lipinski definition) is 6. The van der Waals surface area contributed by atoms with Gasteiger partial charge in [0.25, 0.3) is 5.91 Å². The SMILES string of the molecule is C#C.C#CC[C@@H](CO)O[C@H](C)n1cc(C(=O)N2CCCC2)c2c(N)ncnc21. The fourth-order valence-corrected chi connectivity index (χ4v) is 3.27. The average Bonchev–Trinajstić information content (AvgIpc) is 3.37. The molecule has 148 valence electrons. The van der Waals surface area contributed by atoms with Gasteiger partial charge in [0, 0.05) is 25.7 Å². The number of rotatable bonds is 6. The van der Waals surface area contributed by atoms with Gasteiger partial charge in [0.15, 0.2) is 0 Å². The van der Waals surface area contributed by atoms with Crippen molar-refractivity contribution in [3.8, 4) is 25.2 Å². The van der Waals surface area contributed by atoms with Crippen molar-refractivity contribution in [1.82, 2.24) is 19.4 Å². The van der Waals surface area contributed by atoms with E-state index in [9.17, 15) is 9.90 Å². The molecule has 2 aromatic rings. The first kappa shape index (κ1) is 21.2. The summed E-state index contributed by atoms with van der Waals surface area (Å²) in [5, 5.41) is 9.94. The Morgan fingerprint density at radius 2 is 2.07 bits per heavy atom. The summed E-state index contributed by atoms with van der Waals surface area (Å²) in [6, 6.07) is 0. The van der Waals surface area contributed by atoms with Gasteiger partial charge < -0.3 is 25.0 Å². The van der Waals surface area contributed by atoms with Crippen LogP contribution in [0.2, 0.25) is 0 Å². The predicted molar refractivity (Wildman–Crippen MR) is 107 cm³/mol. The van der Waals surface area contributed by atoms with Gasteiger partial charge in [-0.3, -0.25) is 4.79 Å². The Labute approximate surface area is 164 Å². The van der Waals surface area contributed by atoms with Crippen LogP contribution in [0.1, 0.15) is 42.8 Å². The van der Waals surface area contributed by atoms with E-state index in [0.717, 1.165) is 25.9 Å². The number of aliphatic hydroxyl groups is 1. The fraction of sp³-hybridized carbons (Fsp3) is 0.450. The van der Waals surface area contributed by atoms with Gasteiger partial charge in [0.1, 0.15) is 24.0 Å². The Morgan fingerprint density at radius 3 is 2.68 bits per heavy atom. The summed E-state index contributed by atoms with van der Waals surface area (Å²) in [7, 11) is 0. The summed E-state index contributed by atoms with van der Waals surface area (Å²) in [6.45, 7) is 3.09. The van der Waals surface area contributed by atoms with E-state index in [1.807, 2.05) is 4.90 Å². The van der Waals surface area contributed by atoms with Crippen molar-refractivity contribution in [2.45, 2.75) is 38.5 Å². The second-order valence-corrected chi connectivity index (χ2v) is 6.36. The van der Waals surface area contributed by atoms with Crippen LogP contribution in [0.15, 0.2) is 12.5 Å². The molecule has 0 radical (unpaired) electrons. The van der Waals surface area contributed by atoms with Gasteiger partial charge in [-0.15, -0.1) is 25.2 Å². The number of anilines is 1. The number of nitrogens with zero attached hydrogens (tertiary/aromatic N) is 4. The molecule has 28 heavy (non-hydrogen) atoms. The van der Waals surface area contributed by atoms with Crippen molar-refractivity contribution >= 4 is 22.8 Å². The van der Waals surface area contributed by atoms with Crippen LogP contribution in [-0.2, 0) is 4.74 Å². The Balaban J connectivity index is 0.00000136. The highest BCUT2D eigenvalue weighted by Crippen LogP contribution is 2.29. The van der Waals surface area contributed by atoms with Crippen molar-refractivity contribution < 1.29 is 14.6 Å². The van der Waals surface area contributed by atoms with E-state index >= 15 is 0 Å². The maximum absolute atomic E-state index is 12.9. The Bertz CT molecular complexity index is 877. The first-order chi connectivity index (χ1) is 13.6. The third-order valence-corrected chi connectivity index (χ3v) is 4.59. The highest BCUT2D eigenvalue weighted by atomic mass is 16.5. The van der Waals surface area contributed by atoms with Crippen molar-refractivity contribution in [1.29, 1.82) is 0 Å². The van der Waals surface area contributed by atoms with Crippen LogP contribution in [0, 0.1) is 25.2 Å². The number of aliphatic hydroxyl groups excluding tert-OH is 1. The van der Waals surface area contributed by atoms with Crippen LogP contribution in [0.4, 0.5) is 5.82 Å². The van der Waals surface area contributed by atoms with Gasteiger partial charge >= 0.3 is 0 Å². The molecular formula is C20H25N5O3. The second-order valence-electron chi connectivity index (χ2n) is 6.36. The normalized spacial score (nSPS) is 15.5. The molecule has 0 aliphatic carbocycles. The maximum atomic E-state index is 12.9. The standard InChI is InChI=1S/C18H23N5O3.C2H2/c1-3-6-13(10-24)26-12(2)23-9-14(18(25)22-7-4-5-8-22)15-16(19)20-11-21-17(15)23;1-2/h1,9,11-13,24H,4-8,10H2,2H3,(H2,19,20,21);1-2H/t12-,13+;/m1./s1. The largest absolute Gasteiger partial charge is 0.394 e. The summed E-state index contributed by atoms with van der Waals surface area (Å²) in [6.07, 6.45) is 17.7. The maximum Gasteiger partial charge on any atom is 0.256 e. The monoisotopic (exact) mass is 383 g/mol. The summed E-state index contributed by atoms with van der Waals surface area (Å²) in [4.78, 5) is 23.1. The molecule has 3 rings (SSSR count). The Morgan fingerprint density at radius 1 is 1.39 bits per heavy atom. The van der Waals surface area contributed by atoms with Gasteiger partial charge in [0.2, 0.25) is 0 Å². The van der Waals surface area contributed by atoms with Gasteiger partial charge in [-0.25, -0.2) is 9.97 Å². The molecule has 0 unspecified atom stereocenters. The Hall–Kier alpha value is -3.07. The lowest BCUT2D eigenvalue weighted by molar-refractivity contribution is -0.0606. The lowest BCUT2D eigenvalue weighted by atomic mass is 10.2. The Kier molecular flexibility index (Phi) is 7.39. The zero-order valence-electron chi connectivity index (χ0n) is 15.9. The molecule has 0 bridgehead atoms. The van der Waals surface area contributed by atoms with Crippen LogP contribution >= 0.6 is 0 Å². The first-order valence-corrected chi connectivity index (χ1v) is 9.00. The lowest BCUT2D eigenvalue weighted by Gasteiger charge is -2.21. The topological polar surface area (TPSA) is 106 Å².